The van der Waals surface area contributed by atoms with E-state index in [-0.39, 0.29) is 30.7 Å². The summed E-state index contributed by atoms with van der Waals surface area (Å²) in [6.45, 7) is 6.19. The Morgan fingerprint density at radius 3 is 2.62 bits per heavy atom. The number of likely N-dealkylation sites (tertiary alicyclic amines) is 1. The topological polar surface area (TPSA) is 49.6 Å². The van der Waals surface area contributed by atoms with E-state index in [1.165, 1.54) is 23.7 Å². The van der Waals surface area contributed by atoms with E-state index in [2.05, 4.69) is 56.0 Å². The first-order valence-corrected chi connectivity index (χ1v) is 12.4. The number of nitrogens with zero attached hydrogens (tertiary/aromatic N) is 3. The molecule has 1 amide bonds. The number of piperidine rings is 1. The van der Waals surface area contributed by atoms with E-state index in [1.807, 2.05) is 25.1 Å². The molecule has 0 aliphatic carbocycles. The molecule has 182 valence electrons. The average Bonchev–Trinajstić information content (AvgIpc) is 3.15. The Kier molecular flexibility index (Phi) is 9.48. The van der Waals surface area contributed by atoms with E-state index in [0.29, 0.717) is 5.92 Å². The van der Waals surface area contributed by atoms with E-state index < -0.39 is 0 Å². The van der Waals surface area contributed by atoms with Crippen LogP contribution in [0.5, 0.6) is 0 Å². The van der Waals surface area contributed by atoms with Gasteiger partial charge in [0.2, 0.25) is 0 Å². The minimum Gasteiger partial charge on any atom is -0.351 e. The molecule has 1 aromatic carbocycles. The van der Waals surface area contributed by atoms with Gasteiger partial charge in [-0.2, -0.15) is 0 Å². The van der Waals surface area contributed by atoms with Crippen molar-refractivity contribution in [3.8, 4) is 0 Å². The third kappa shape index (κ3) is 5.98. The van der Waals surface area contributed by atoms with Crippen molar-refractivity contribution in [1.82, 2.24) is 19.6 Å². The zero-order valence-corrected chi connectivity index (χ0v) is 21.9. The predicted molar refractivity (Wildman–Crippen MR) is 145 cm³/mol. The summed E-state index contributed by atoms with van der Waals surface area (Å²) in [4.78, 5) is 20.8. The van der Waals surface area contributed by atoms with E-state index in [1.54, 1.807) is 0 Å². The average molecular weight is 520 g/mol. The molecule has 0 saturated carbocycles. The molecular weight excluding hydrogens is 487 g/mol. The van der Waals surface area contributed by atoms with E-state index in [9.17, 15) is 4.79 Å². The highest BCUT2D eigenvalue weighted by Crippen LogP contribution is 2.35. The molecule has 2 aliphatic heterocycles. The molecule has 0 spiro atoms. The van der Waals surface area contributed by atoms with Crippen molar-refractivity contribution in [3.63, 3.8) is 0 Å². The fraction of sp³-hybridized carbons (Fsp3) is 0.385. The summed E-state index contributed by atoms with van der Waals surface area (Å²) in [5, 5.41) is 4.25. The number of carbonyl (C=O) groups excluding carboxylic acids is 1. The van der Waals surface area contributed by atoms with Gasteiger partial charge in [-0.3, -0.25) is 9.20 Å². The van der Waals surface area contributed by atoms with Gasteiger partial charge in [-0.25, -0.2) is 4.98 Å². The van der Waals surface area contributed by atoms with Crippen LogP contribution in [-0.4, -0.2) is 46.4 Å². The third-order valence-electron chi connectivity index (χ3n) is 6.57. The summed E-state index contributed by atoms with van der Waals surface area (Å²) in [6, 6.07) is 16.8. The number of halogens is 2. The molecule has 2 aliphatic rings. The number of imidazole rings is 1. The summed E-state index contributed by atoms with van der Waals surface area (Å²) in [7, 11) is 0. The van der Waals surface area contributed by atoms with Crippen molar-refractivity contribution in [2.45, 2.75) is 37.6 Å². The number of rotatable bonds is 7. The highest BCUT2D eigenvalue weighted by molar-refractivity contribution is 8.04. The molecule has 8 heteroatoms. The Hall–Kier alpha value is -1.99. The van der Waals surface area contributed by atoms with Crippen LogP contribution in [0.4, 0.5) is 0 Å². The molecule has 34 heavy (non-hydrogen) atoms. The number of benzene rings is 1. The lowest BCUT2D eigenvalue weighted by Gasteiger charge is -2.32. The molecule has 0 atom stereocenters. The number of nitrogens with one attached hydrogen (secondary N) is 1. The number of pyridine rings is 1. The van der Waals surface area contributed by atoms with Crippen LogP contribution in [-0.2, 0) is 11.2 Å². The van der Waals surface area contributed by atoms with Crippen LogP contribution in [0.3, 0.4) is 0 Å². The zero-order chi connectivity index (χ0) is 21.9. The van der Waals surface area contributed by atoms with Gasteiger partial charge in [-0.05, 0) is 81.9 Å². The van der Waals surface area contributed by atoms with Crippen molar-refractivity contribution in [2.75, 3.05) is 26.2 Å². The second kappa shape index (κ2) is 12.1. The molecule has 3 aromatic rings. The lowest BCUT2D eigenvalue weighted by molar-refractivity contribution is -0.117. The molecular formula is C26H32Cl2N4OS. The Morgan fingerprint density at radius 2 is 1.85 bits per heavy atom. The number of aromatic nitrogens is 2. The van der Waals surface area contributed by atoms with Crippen LogP contribution in [0.15, 0.2) is 58.5 Å². The van der Waals surface area contributed by atoms with Crippen LogP contribution in [0.25, 0.3) is 11.7 Å². The van der Waals surface area contributed by atoms with Crippen molar-refractivity contribution >= 4 is 54.2 Å². The molecule has 2 aromatic heterocycles. The highest BCUT2D eigenvalue weighted by Gasteiger charge is 2.24. The van der Waals surface area contributed by atoms with Crippen molar-refractivity contribution < 1.29 is 4.79 Å². The Labute approximate surface area is 218 Å². The van der Waals surface area contributed by atoms with Gasteiger partial charge in [0.05, 0.1) is 21.3 Å². The van der Waals surface area contributed by atoms with Gasteiger partial charge in [0.1, 0.15) is 5.65 Å². The van der Waals surface area contributed by atoms with Gasteiger partial charge in [0.25, 0.3) is 5.91 Å². The standard InChI is InChI=1S/C26H30N4OS.2ClH/c1-19-22-17-23(32-25-11-5-10-24(28-19)30(22)25)26(31)27-18-21-12-15-29(16-13-21)14-6-9-20-7-3-2-4-8-20;;/h2-5,7-8,10-11,17,21H,6,9,12-16,18H2,1H3,(H,27,31);2*1H. The van der Waals surface area contributed by atoms with Crippen LogP contribution >= 0.6 is 36.6 Å². The Morgan fingerprint density at radius 1 is 1.09 bits per heavy atom. The third-order valence-corrected chi connectivity index (χ3v) is 7.63. The van der Waals surface area contributed by atoms with E-state index >= 15 is 0 Å². The van der Waals surface area contributed by atoms with Gasteiger partial charge in [0.15, 0.2) is 0 Å². The number of thioether (sulfide) groups is 1. The molecule has 1 fully saturated rings. The SMILES string of the molecule is Cc1nc2cccc3n2c1C=C(C(=O)NCC1CCN(CCCc2ccccc2)CC1)S3.Cl.Cl. The molecule has 0 unspecified atom stereocenters. The van der Waals surface area contributed by atoms with Gasteiger partial charge in [0, 0.05) is 6.54 Å². The maximum Gasteiger partial charge on any atom is 0.258 e. The van der Waals surface area contributed by atoms with Crippen molar-refractivity contribution in [2.24, 2.45) is 5.92 Å². The smallest absolute Gasteiger partial charge is 0.258 e. The zero-order valence-electron chi connectivity index (χ0n) is 19.4. The number of hydrogen-bond donors (Lipinski definition) is 1. The monoisotopic (exact) mass is 518 g/mol. The number of aryl methyl sites for hydroxylation is 2. The normalized spacial score (nSPS) is 15.9. The van der Waals surface area contributed by atoms with Crippen molar-refractivity contribution in [1.29, 1.82) is 0 Å². The summed E-state index contributed by atoms with van der Waals surface area (Å²) in [6.07, 6.45) is 6.65. The first-order chi connectivity index (χ1) is 15.7. The lowest BCUT2D eigenvalue weighted by atomic mass is 9.96. The molecule has 5 nitrogen and oxygen atoms in total. The molecule has 4 heterocycles. The van der Waals surface area contributed by atoms with Crippen molar-refractivity contribution in [3.05, 3.63) is 70.4 Å². The second-order valence-electron chi connectivity index (χ2n) is 8.83. The summed E-state index contributed by atoms with van der Waals surface area (Å²) < 4.78 is 2.13. The predicted octanol–water partition coefficient (Wildman–Crippen LogP) is 5.39. The molecule has 0 bridgehead atoms. The van der Waals surface area contributed by atoms with Gasteiger partial charge in [-0.15, -0.1) is 24.8 Å². The van der Waals surface area contributed by atoms with Crippen LogP contribution < -0.4 is 5.32 Å². The molecule has 1 saturated heterocycles. The highest BCUT2D eigenvalue weighted by atomic mass is 35.5. The second-order valence-corrected chi connectivity index (χ2v) is 9.90. The fourth-order valence-electron chi connectivity index (χ4n) is 4.72. The Balaban J connectivity index is 0.00000162. The van der Waals surface area contributed by atoms with Crippen LogP contribution in [0.2, 0.25) is 0 Å². The molecule has 5 rings (SSSR count). The van der Waals surface area contributed by atoms with Crippen LogP contribution in [0.1, 0.15) is 36.2 Å². The first kappa shape index (κ1) is 26.6. The molecule has 0 radical (unpaired) electrons. The molecule has 1 N–H and O–H groups in total. The maximum atomic E-state index is 12.9. The summed E-state index contributed by atoms with van der Waals surface area (Å²) in [5.41, 5.74) is 4.34. The Bertz CT molecular complexity index is 1140. The quantitative estimate of drug-likeness (QED) is 0.455. The maximum absolute atomic E-state index is 12.9. The minimum absolute atomic E-state index is 0. The summed E-state index contributed by atoms with van der Waals surface area (Å²) in [5.74, 6) is 0.596. The lowest BCUT2D eigenvalue weighted by Crippen LogP contribution is -2.39. The van der Waals surface area contributed by atoms with Gasteiger partial charge < -0.3 is 10.2 Å². The number of carbonyl (C=O) groups is 1. The van der Waals surface area contributed by atoms with E-state index in [4.69, 9.17) is 0 Å². The largest absolute Gasteiger partial charge is 0.351 e. The number of amides is 1. The van der Waals surface area contributed by atoms with Gasteiger partial charge >= 0.3 is 0 Å². The first-order valence-electron chi connectivity index (χ1n) is 11.6. The van der Waals surface area contributed by atoms with E-state index in [0.717, 1.165) is 72.4 Å². The minimum atomic E-state index is 0. The fourth-order valence-corrected chi connectivity index (χ4v) is 5.71. The number of hydrogen-bond acceptors (Lipinski definition) is 4. The van der Waals surface area contributed by atoms with Crippen LogP contribution in [0, 0.1) is 12.8 Å². The summed E-state index contributed by atoms with van der Waals surface area (Å²) >= 11 is 1.53. The van der Waals surface area contributed by atoms with Gasteiger partial charge in [-0.1, -0.05) is 48.2 Å².